The van der Waals surface area contributed by atoms with Gasteiger partial charge in [-0.25, -0.2) is 10.9 Å². The van der Waals surface area contributed by atoms with Gasteiger partial charge in [0, 0.05) is 0 Å². The Kier molecular flexibility index (Phi) is 10.3. The molecule has 0 unspecified atom stereocenters. The van der Waals surface area contributed by atoms with Crippen molar-refractivity contribution in [1.29, 1.82) is 0 Å². The van der Waals surface area contributed by atoms with Crippen LogP contribution in [0.3, 0.4) is 0 Å². The Morgan fingerprint density at radius 2 is 1.09 bits per heavy atom. The molecule has 0 spiro atoms. The molecule has 6 N–H and O–H groups in total. The van der Waals surface area contributed by atoms with Crippen molar-refractivity contribution in [1.82, 2.24) is 10.9 Å². The van der Waals surface area contributed by atoms with Crippen molar-refractivity contribution in [2.75, 3.05) is 0 Å². The average molecular weight is 470 g/mol. The van der Waals surface area contributed by atoms with Crippen molar-refractivity contribution in [2.45, 2.75) is 24.3 Å². The first-order valence-corrected chi connectivity index (χ1v) is 10.8. The van der Waals surface area contributed by atoms with Crippen molar-refractivity contribution in [3.8, 4) is 0 Å². The van der Waals surface area contributed by atoms with E-state index in [4.69, 9.17) is 20.1 Å². The molecule has 13 heteroatoms. The molecule has 33 heavy (non-hydrogen) atoms. The van der Waals surface area contributed by atoms with Crippen molar-refractivity contribution >= 4 is 61.2 Å². The summed E-state index contributed by atoms with van der Waals surface area (Å²) in [6.45, 7) is 3.30. The van der Waals surface area contributed by atoms with Crippen LogP contribution < -0.4 is 21.8 Å². The molecule has 2 rings (SSSR count). The number of benzene rings is 2. The molecule has 0 fully saturated rings. The Morgan fingerprint density at radius 3 is 1.39 bits per heavy atom. The maximum atomic E-state index is 12.2. The molecule has 0 aliphatic heterocycles. The van der Waals surface area contributed by atoms with Crippen LogP contribution in [0.5, 0.6) is 0 Å². The Labute approximate surface area is 196 Å². The number of nitrogens with one attached hydrogen (secondary N) is 2. The lowest BCUT2D eigenvalue weighted by Gasteiger charge is -2.14. The summed E-state index contributed by atoms with van der Waals surface area (Å²) in [5.74, 6) is -0.763. The van der Waals surface area contributed by atoms with Crippen LogP contribution in [0.15, 0.2) is 58.7 Å². The minimum absolute atomic E-state index is 0.345. The third kappa shape index (κ3) is 8.83. The molecule has 2 atom stereocenters. The second-order valence-corrected chi connectivity index (χ2v) is 8.66. The third-order valence-corrected chi connectivity index (χ3v) is 5.64. The minimum Gasteiger partial charge on any atom is -0.423 e. The summed E-state index contributed by atoms with van der Waals surface area (Å²) >= 11 is 1.14. The van der Waals surface area contributed by atoms with Gasteiger partial charge in [-0.1, -0.05) is 48.5 Å². The molecule has 2 aromatic rings. The number of rotatable bonds is 10. The standard InChI is InChI=1S/C20H24B2N4O6S/c1-13(19(27)25-23-11-15-3-7-17(8-4-15)21(29)30)33-14(2)20(28)26-24-12-16-5-9-18(10-6-16)22(31)32/h3-14,29-32H,1-2H3,(H,25,27)(H,26,28)/t13-,14+. The Bertz CT molecular complexity index is 908. The van der Waals surface area contributed by atoms with Gasteiger partial charge in [0.25, 0.3) is 11.8 Å². The van der Waals surface area contributed by atoms with E-state index >= 15 is 0 Å². The Hall–Kier alpha value is -2.96. The number of hydrogen-bond donors (Lipinski definition) is 6. The molecule has 0 saturated carbocycles. The quantitative estimate of drug-likeness (QED) is 0.135. The summed E-state index contributed by atoms with van der Waals surface area (Å²) in [4.78, 5) is 24.4. The van der Waals surface area contributed by atoms with E-state index in [-0.39, 0.29) is 11.8 Å². The van der Waals surface area contributed by atoms with Gasteiger partial charge in [-0.05, 0) is 35.9 Å². The number of carbonyl (C=O) groups is 2. The zero-order valence-corrected chi connectivity index (χ0v) is 18.8. The highest BCUT2D eigenvalue weighted by Gasteiger charge is 2.21. The molecular weight excluding hydrogens is 446 g/mol. The van der Waals surface area contributed by atoms with Gasteiger partial charge in [0.1, 0.15) is 0 Å². The summed E-state index contributed by atoms with van der Waals surface area (Å²) in [5.41, 5.74) is 6.82. The third-order valence-electron chi connectivity index (χ3n) is 4.39. The second-order valence-electron chi connectivity index (χ2n) is 6.97. The number of nitrogens with zero attached hydrogens (tertiary/aromatic N) is 2. The fourth-order valence-electron chi connectivity index (χ4n) is 2.46. The highest BCUT2D eigenvalue weighted by Crippen LogP contribution is 2.17. The number of thioether (sulfide) groups is 1. The maximum Gasteiger partial charge on any atom is 0.488 e. The molecule has 0 radical (unpaired) electrons. The summed E-state index contributed by atoms with van der Waals surface area (Å²) in [5, 5.41) is 42.9. The van der Waals surface area contributed by atoms with Gasteiger partial charge in [0.2, 0.25) is 0 Å². The van der Waals surface area contributed by atoms with E-state index in [0.717, 1.165) is 11.8 Å². The number of amides is 2. The van der Waals surface area contributed by atoms with Crippen molar-refractivity contribution < 1.29 is 29.7 Å². The lowest BCUT2D eigenvalue weighted by atomic mass is 9.80. The van der Waals surface area contributed by atoms with E-state index in [2.05, 4.69) is 21.1 Å². The molecule has 0 bridgehead atoms. The van der Waals surface area contributed by atoms with Gasteiger partial charge < -0.3 is 20.1 Å². The van der Waals surface area contributed by atoms with Gasteiger partial charge in [-0.2, -0.15) is 10.2 Å². The first-order valence-electron chi connectivity index (χ1n) is 9.91. The number of carbonyl (C=O) groups excluding carboxylic acids is 2. The van der Waals surface area contributed by atoms with Gasteiger partial charge in [0.15, 0.2) is 0 Å². The highest BCUT2D eigenvalue weighted by molar-refractivity contribution is 8.01. The summed E-state index contributed by atoms with van der Waals surface area (Å²) in [7, 11) is -3.10. The van der Waals surface area contributed by atoms with Crippen molar-refractivity contribution in [2.24, 2.45) is 10.2 Å². The summed E-state index contributed by atoms with van der Waals surface area (Å²) in [6, 6.07) is 12.6. The molecule has 10 nitrogen and oxygen atoms in total. The monoisotopic (exact) mass is 470 g/mol. The van der Waals surface area contributed by atoms with Crippen LogP contribution in [0.1, 0.15) is 25.0 Å². The van der Waals surface area contributed by atoms with Crippen LogP contribution >= 0.6 is 11.8 Å². The van der Waals surface area contributed by atoms with Crippen molar-refractivity contribution in [3.05, 3.63) is 59.7 Å². The molecule has 0 aliphatic rings. The van der Waals surface area contributed by atoms with Crippen molar-refractivity contribution in [3.63, 3.8) is 0 Å². The average Bonchev–Trinajstić information content (AvgIpc) is 2.79. The van der Waals surface area contributed by atoms with E-state index in [9.17, 15) is 9.59 Å². The largest absolute Gasteiger partial charge is 0.488 e. The molecule has 0 heterocycles. The number of hydrazone groups is 2. The first-order chi connectivity index (χ1) is 15.7. The zero-order chi connectivity index (χ0) is 24.4. The van der Waals surface area contributed by atoms with Gasteiger partial charge in [0.05, 0.1) is 22.9 Å². The normalized spacial score (nSPS) is 13.0. The van der Waals surface area contributed by atoms with Crippen LogP contribution in [0.4, 0.5) is 0 Å². The number of hydrogen-bond acceptors (Lipinski definition) is 9. The molecule has 0 aromatic heterocycles. The SMILES string of the molecule is C[C@H](S[C@H](C)C(=O)NN=Cc1ccc(B(O)O)cc1)C(=O)NN=Cc1ccc(B(O)O)cc1. The van der Waals surface area contributed by atoms with E-state index in [1.165, 1.54) is 36.7 Å². The Morgan fingerprint density at radius 1 is 0.758 bits per heavy atom. The maximum absolute atomic E-state index is 12.2. The molecular formula is C20H24B2N4O6S. The lowest BCUT2D eigenvalue weighted by molar-refractivity contribution is -0.120. The smallest absolute Gasteiger partial charge is 0.423 e. The summed E-state index contributed by atoms with van der Waals surface area (Å²) < 4.78 is 0. The predicted octanol–water partition coefficient (Wildman–Crippen LogP) is -1.84. The molecule has 172 valence electrons. The van der Waals surface area contributed by atoms with Gasteiger partial charge >= 0.3 is 14.2 Å². The van der Waals surface area contributed by atoms with Crippen LogP contribution in [0.25, 0.3) is 0 Å². The summed E-state index contributed by atoms with van der Waals surface area (Å²) in [6.07, 6.45) is 2.84. The molecule has 2 aromatic carbocycles. The van der Waals surface area contributed by atoms with Gasteiger partial charge in [-0.3, -0.25) is 9.59 Å². The zero-order valence-electron chi connectivity index (χ0n) is 18.0. The lowest BCUT2D eigenvalue weighted by Crippen LogP contribution is -2.33. The Balaban J connectivity index is 1.77. The molecule has 0 aliphatic carbocycles. The second kappa shape index (κ2) is 12.9. The van der Waals surface area contributed by atoms with Crippen LogP contribution in [-0.2, 0) is 9.59 Å². The van der Waals surface area contributed by atoms with Gasteiger partial charge in [-0.15, -0.1) is 11.8 Å². The first kappa shape index (κ1) is 26.3. The molecule has 2 amide bonds. The minimum atomic E-state index is -1.55. The van der Waals surface area contributed by atoms with Crippen LogP contribution in [0.2, 0.25) is 0 Å². The fourth-order valence-corrected chi connectivity index (χ4v) is 3.43. The van der Waals surface area contributed by atoms with E-state index in [1.54, 1.807) is 38.1 Å². The van der Waals surface area contributed by atoms with E-state index in [0.29, 0.717) is 22.1 Å². The van der Waals surface area contributed by atoms with E-state index < -0.39 is 24.7 Å². The van der Waals surface area contributed by atoms with Crippen LogP contribution in [-0.4, -0.2) is 69.1 Å². The predicted molar refractivity (Wildman–Crippen MR) is 131 cm³/mol. The fraction of sp³-hybridized carbons (Fsp3) is 0.200. The highest BCUT2D eigenvalue weighted by atomic mass is 32.2. The van der Waals surface area contributed by atoms with Crippen LogP contribution in [0, 0.1) is 0 Å². The molecule has 0 saturated heterocycles. The van der Waals surface area contributed by atoms with E-state index in [1.807, 2.05) is 0 Å². The topological polar surface area (TPSA) is 164 Å².